The lowest BCUT2D eigenvalue weighted by molar-refractivity contribution is 0.405. The van der Waals surface area contributed by atoms with Crippen molar-refractivity contribution in [3.05, 3.63) is 0 Å². The molecule has 12 heavy (non-hydrogen) atoms. The molecule has 0 amide bonds. The van der Waals surface area contributed by atoms with E-state index < -0.39 is 0 Å². The minimum Gasteiger partial charge on any atom is -0.330 e. The summed E-state index contributed by atoms with van der Waals surface area (Å²) in [6.07, 6.45) is 6.62. The molecule has 0 aromatic heterocycles. The highest BCUT2D eigenvalue weighted by Gasteiger charge is 2.24. The molecule has 1 aliphatic carbocycles. The van der Waals surface area contributed by atoms with Crippen LogP contribution in [0.15, 0.2) is 0 Å². The van der Waals surface area contributed by atoms with Gasteiger partial charge in [-0.1, -0.05) is 19.8 Å². The molecule has 0 heterocycles. The first kappa shape index (κ1) is 10.0. The number of nitrogens with one attached hydrogen (secondary N) is 1. The molecule has 1 saturated carbocycles. The number of hydrogen-bond acceptors (Lipinski definition) is 2. The van der Waals surface area contributed by atoms with E-state index in [1.807, 2.05) is 0 Å². The fourth-order valence-electron chi connectivity index (χ4n) is 2.05. The van der Waals surface area contributed by atoms with Gasteiger partial charge in [0.05, 0.1) is 0 Å². The lowest BCUT2D eigenvalue weighted by atomic mass is 10.0. The van der Waals surface area contributed by atoms with Crippen LogP contribution in [0.3, 0.4) is 0 Å². The zero-order chi connectivity index (χ0) is 8.81. The first-order chi connectivity index (χ1) is 5.88. The summed E-state index contributed by atoms with van der Waals surface area (Å²) >= 11 is 0. The molecular formula is C10H22N2. The molecular weight excluding hydrogens is 148 g/mol. The Labute approximate surface area is 75.9 Å². The molecule has 2 heteroatoms. The summed E-state index contributed by atoms with van der Waals surface area (Å²) in [5.41, 5.74) is 5.69. The zero-order valence-electron chi connectivity index (χ0n) is 8.18. The SMILES string of the molecule is CCCCNC1CCCC1CN. The van der Waals surface area contributed by atoms with Crippen molar-refractivity contribution in [2.45, 2.75) is 45.1 Å². The van der Waals surface area contributed by atoms with Gasteiger partial charge in [0.1, 0.15) is 0 Å². The van der Waals surface area contributed by atoms with E-state index in [9.17, 15) is 0 Å². The van der Waals surface area contributed by atoms with E-state index in [0.717, 1.165) is 18.5 Å². The molecule has 2 unspecified atom stereocenters. The Kier molecular flexibility index (Phi) is 4.62. The van der Waals surface area contributed by atoms with Crippen LogP contribution in [0.5, 0.6) is 0 Å². The average Bonchev–Trinajstić information content (AvgIpc) is 2.52. The summed E-state index contributed by atoms with van der Waals surface area (Å²) < 4.78 is 0. The van der Waals surface area contributed by atoms with Crippen molar-refractivity contribution in [3.63, 3.8) is 0 Å². The van der Waals surface area contributed by atoms with E-state index in [1.165, 1.54) is 38.6 Å². The van der Waals surface area contributed by atoms with Crippen molar-refractivity contribution in [2.75, 3.05) is 13.1 Å². The van der Waals surface area contributed by atoms with Gasteiger partial charge in [0.15, 0.2) is 0 Å². The summed E-state index contributed by atoms with van der Waals surface area (Å²) in [5, 5.41) is 3.60. The molecule has 1 rings (SSSR count). The standard InChI is InChI=1S/C10H22N2/c1-2-3-7-12-10-6-4-5-9(10)8-11/h9-10,12H,2-8,11H2,1H3. The van der Waals surface area contributed by atoms with Crippen LogP contribution in [0, 0.1) is 5.92 Å². The quantitative estimate of drug-likeness (QED) is 0.614. The third kappa shape index (κ3) is 2.76. The van der Waals surface area contributed by atoms with Crippen molar-refractivity contribution in [2.24, 2.45) is 11.7 Å². The second-order valence-corrected chi connectivity index (χ2v) is 3.84. The van der Waals surface area contributed by atoms with Crippen LogP contribution in [-0.4, -0.2) is 19.1 Å². The molecule has 0 aromatic rings. The fraction of sp³-hybridized carbons (Fsp3) is 1.00. The Morgan fingerprint density at radius 2 is 2.25 bits per heavy atom. The van der Waals surface area contributed by atoms with Crippen molar-refractivity contribution >= 4 is 0 Å². The molecule has 0 bridgehead atoms. The van der Waals surface area contributed by atoms with Gasteiger partial charge < -0.3 is 11.1 Å². The van der Waals surface area contributed by atoms with E-state index >= 15 is 0 Å². The summed E-state index contributed by atoms with van der Waals surface area (Å²) in [4.78, 5) is 0. The van der Waals surface area contributed by atoms with Gasteiger partial charge in [0.2, 0.25) is 0 Å². The van der Waals surface area contributed by atoms with Gasteiger partial charge in [-0.3, -0.25) is 0 Å². The second-order valence-electron chi connectivity index (χ2n) is 3.84. The third-order valence-corrected chi connectivity index (χ3v) is 2.90. The predicted octanol–water partition coefficient (Wildman–Crippen LogP) is 1.50. The Hall–Kier alpha value is -0.0800. The van der Waals surface area contributed by atoms with E-state index in [-0.39, 0.29) is 0 Å². The van der Waals surface area contributed by atoms with Crippen LogP contribution in [0.4, 0.5) is 0 Å². The monoisotopic (exact) mass is 170 g/mol. The highest BCUT2D eigenvalue weighted by molar-refractivity contribution is 4.83. The third-order valence-electron chi connectivity index (χ3n) is 2.90. The van der Waals surface area contributed by atoms with Gasteiger partial charge in [0.25, 0.3) is 0 Å². The van der Waals surface area contributed by atoms with E-state index in [2.05, 4.69) is 12.2 Å². The van der Waals surface area contributed by atoms with E-state index in [1.54, 1.807) is 0 Å². The minimum absolute atomic E-state index is 0.724. The average molecular weight is 170 g/mol. The summed E-state index contributed by atoms with van der Waals surface area (Å²) in [5.74, 6) is 0.752. The topological polar surface area (TPSA) is 38.0 Å². The largest absolute Gasteiger partial charge is 0.330 e. The molecule has 1 aliphatic rings. The Morgan fingerprint density at radius 1 is 1.42 bits per heavy atom. The first-order valence-electron chi connectivity index (χ1n) is 5.32. The smallest absolute Gasteiger partial charge is 0.0107 e. The van der Waals surface area contributed by atoms with Crippen LogP contribution in [0.2, 0.25) is 0 Å². The van der Waals surface area contributed by atoms with Gasteiger partial charge in [-0.15, -0.1) is 0 Å². The molecule has 0 radical (unpaired) electrons. The van der Waals surface area contributed by atoms with Crippen molar-refractivity contribution in [1.82, 2.24) is 5.32 Å². The highest BCUT2D eigenvalue weighted by atomic mass is 14.9. The lowest BCUT2D eigenvalue weighted by Gasteiger charge is -2.19. The summed E-state index contributed by atoms with van der Waals surface area (Å²) in [7, 11) is 0. The maximum atomic E-state index is 5.69. The van der Waals surface area contributed by atoms with Crippen LogP contribution in [-0.2, 0) is 0 Å². The molecule has 0 spiro atoms. The highest BCUT2D eigenvalue weighted by Crippen LogP contribution is 2.24. The Bertz CT molecular complexity index is 114. The maximum absolute atomic E-state index is 5.69. The van der Waals surface area contributed by atoms with Crippen molar-refractivity contribution in [3.8, 4) is 0 Å². The zero-order valence-corrected chi connectivity index (χ0v) is 8.18. The fourth-order valence-corrected chi connectivity index (χ4v) is 2.05. The summed E-state index contributed by atoms with van der Waals surface area (Å²) in [6, 6.07) is 0.724. The number of nitrogens with two attached hydrogens (primary N) is 1. The molecule has 0 aliphatic heterocycles. The maximum Gasteiger partial charge on any atom is 0.0107 e. The number of unbranched alkanes of at least 4 members (excludes halogenated alkanes) is 1. The van der Waals surface area contributed by atoms with E-state index in [4.69, 9.17) is 5.73 Å². The molecule has 1 fully saturated rings. The van der Waals surface area contributed by atoms with E-state index in [0.29, 0.717) is 0 Å². The van der Waals surface area contributed by atoms with Crippen molar-refractivity contribution in [1.29, 1.82) is 0 Å². The molecule has 72 valence electrons. The molecule has 0 aromatic carbocycles. The Morgan fingerprint density at radius 3 is 2.92 bits per heavy atom. The normalized spacial score (nSPS) is 29.5. The minimum atomic E-state index is 0.724. The molecule has 2 atom stereocenters. The van der Waals surface area contributed by atoms with Crippen LogP contribution >= 0.6 is 0 Å². The first-order valence-corrected chi connectivity index (χ1v) is 5.32. The molecule has 2 nitrogen and oxygen atoms in total. The van der Waals surface area contributed by atoms with Crippen LogP contribution in [0.25, 0.3) is 0 Å². The second kappa shape index (κ2) is 5.55. The number of rotatable bonds is 5. The van der Waals surface area contributed by atoms with Crippen molar-refractivity contribution < 1.29 is 0 Å². The van der Waals surface area contributed by atoms with Gasteiger partial charge in [-0.05, 0) is 38.3 Å². The van der Waals surface area contributed by atoms with Gasteiger partial charge in [-0.2, -0.15) is 0 Å². The van der Waals surface area contributed by atoms with Gasteiger partial charge in [0, 0.05) is 6.04 Å². The van der Waals surface area contributed by atoms with Crippen LogP contribution < -0.4 is 11.1 Å². The summed E-state index contributed by atoms with van der Waals surface area (Å²) in [6.45, 7) is 4.28. The van der Waals surface area contributed by atoms with Gasteiger partial charge in [-0.25, -0.2) is 0 Å². The molecule has 3 N–H and O–H groups in total. The Balaban J connectivity index is 2.12. The number of hydrogen-bond donors (Lipinski definition) is 2. The van der Waals surface area contributed by atoms with Gasteiger partial charge >= 0.3 is 0 Å². The predicted molar refractivity (Wildman–Crippen MR) is 53.1 cm³/mol. The van der Waals surface area contributed by atoms with Crippen LogP contribution in [0.1, 0.15) is 39.0 Å². The lowest BCUT2D eigenvalue weighted by Crippen LogP contribution is -2.36. The molecule has 0 saturated heterocycles.